The molecule has 0 aromatic heterocycles. The van der Waals surface area contributed by atoms with Crippen LogP contribution in [0.3, 0.4) is 0 Å². The molecule has 1 atom stereocenters. The Balaban J connectivity index is 2.26. The van der Waals surface area contributed by atoms with Gasteiger partial charge in [0, 0.05) is 13.1 Å². The summed E-state index contributed by atoms with van der Waals surface area (Å²) < 4.78 is 0. The molecule has 3 nitrogen and oxygen atoms in total. The zero-order chi connectivity index (χ0) is 11.1. The molecule has 0 spiro atoms. The first-order valence-electron chi connectivity index (χ1n) is 6.39. The van der Waals surface area contributed by atoms with Gasteiger partial charge in [-0.15, -0.1) is 0 Å². The van der Waals surface area contributed by atoms with Gasteiger partial charge in [0.25, 0.3) is 0 Å². The summed E-state index contributed by atoms with van der Waals surface area (Å²) in [6, 6.07) is 0. The maximum atomic E-state index is 4.47. The van der Waals surface area contributed by atoms with Crippen LogP contribution in [0.4, 0.5) is 0 Å². The summed E-state index contributed by atoms with van der Waals surface area (Å²) >= 11 is 0. The lowest BCUT2D eigenvalue weighted by atomic mass is 10.2. The molecule has 1 aliphatic rings. The Morgan fingerprint density at radius 3 is 2.53 bits per heavy atom. The molecule has 0 saturated carbocycles. The maximum Gasteiger partial charge on any atom is 0.118 e. The Hall–Kier alpha value is -0.730. The van der Waals surface area contributed by atoms with Crippen molar-refractivity contribution in [3.05, 3.63) is 0 Å². The van der Waals surface area contributed by atoms with Crippen molar-refractivity contribution in [2.24, 2.45) is 5.10 Å². The average molecular weight is 211 g/mol. The molecule has 3 heteroatoms. The number of unbranched alkanes of at least 4 members (excludes halogenated alkanes) is 3. The van der Waals surface area contributed by atoms with E-state index >= 15 is 0 Å². The van der Waals surface area contributed by atoms with Gasteiger partial charge in [-0.05, 0) is 19.8 Å². The van der Waals surface area contributed by atoms with Crippen LogP contribution >= 0.6 is 0 Å². The number of hydrogen-bond donors (Lipinski definition) is 0. The molecule has 0 aromatic carbocycles. The van der Waals surface area contributed by atoms with Gasteiger partial charge >= 0.3 is 0 Å². The smallest absolute Gasteiger partial charge is 0.118 e. The van der Waals surface area contributed by atoms with Crippen LogP contribution < -0.4 is 0 Å². The van der Waals surface area contributed by atoms with E-state index in [1.54, 1.807) is 0 Å². The number of nitrogens with zero attached hydrogens (tertiary/aromatic N) is 3. The van der Waals surface area contributed by atoms with Crippen LogP contribution in [0.2, 0.25) is 0 Å². The lowest BCUT2D eigenvalue weighted by Crippen LogP contribution is -2.39. The highest BCUT2D eigenvalue weighted by Gasteiger charge is 2.23. The fraction of sp³-hybridized carbons (Fsp3) is 0.917. The summed E-state index contributed by atoms with van der Waals surface area (Å²) in [6.45, 7) is 8.86. The van der Waals surface area contributed by atoms with E-state index in [-0.39, 0.29) is 0 Å². The van der Waals surface area contributed by atoms with Crippen LogP contribution in [0.1, 0.15) is 52.9 Å². The van der Waals surface area contributed by atoms with Crippen LogP contribution in [-0.4, -0.2) is 35.5 Å². The molecule has 0 radical (unpaired) electrons. The highest BCUT2D eigenvalue weighted by atomic mass is 15.6. The van der Waals surface area contributed by atoms with Crippen LogP contribution in [0.5, 0.6) is 0 Å². The molecule has 0 fully saturated rings. The molecule has 88 valence electrons. The molecule has 0 N–H and O–H groups in total. The van der Waals surface area contributed by atoms with Crippen molar-refractivity contribution < 1.29 is 0 Å². The largest absolute Gasteiger partial charge is 0.340 e. The molecule has 0 aliphatic carbocycles. The molecule has 0 amide bonds. The first kappa shape index (κ1) is 12.3. The number of hydrogen-bond acceptors (Lipinski definition) is 3. The Morgan fingerprint density at radius 1 is 1.13 bits per heavy atom. The Bertz CT molecular complexity index is 191. The normalized spacial score (nSPS) is 20.3. The number of hydrazone groups is 1. The van der Waals surface area contributed by atoms with Gasteiger partial charge in [0.2, 0.25) is 0 Å². The first-order valence-corrected chi connectivity index (χ1v) is 6.39. The lowest BCUT2D eigenvalue weighted by molar-refractivity contribution is 0.128. The van der Waals surface area contributed by atoms with Gasteiger partial charge in [0.15, 0.2) is 0 Å². The lowest BCUT2D eigenvalue weighted by Gasteiger charge is -2.28. The molecule has 1 rings (SSSR count). The summed E-state index contributed by atoms with van der Waals surface area (Å²) in [6.07, 6.45) is 8.93. The Labute approximate surface area is 94.1 Å². The van der Waals surface area contributed by atoms with Crippen molar-refractivity contribution in [3.8, 4) is 0 Å². The van der Waals surface area contributed by atoms with E-state index < -0.39 is 0 Å². The first-order chi connectivity index (χ1) is 7.33. The van der Waals surface area contributed by atoms with E-state index in [0.717, 1.165) is 19.5 Å². The molecule has 15 heavy (non-hydrogen) atoms. The summed E-state index contributed by atoms with van der Waals surface area (Å²) in [5, 5.41) is 6.72. The monoisotopic (exact) mass is 211 g/mol. The van der Waals surface area contributed by atoms with E-state index in [4.69, 9.17) is 0 Å². The fourth-order valence-electron chi connectivity index (χ4n) is 2.10. The molecule has 0 bridgehead atoms. The van der Waals surface area contributed by atoms with Gasteiger partial charge in [0.1, 0.15) is 12.5 Å². The van der Waals surface area contributed by atoms with E-state index in [9.17, 15) is 0 Å². The van der Waals surface area contributed by atoms with Crippen LogP contribution in [0.15, 0.2) is 5.10 Å². The zero-order valence-electron chi connectivity index (χ0n) is 10.4. The SMILES string of the molecule is CCCCCCN1N=CN(CC)C1CC. The van der Waals surface area contributed by atoms with E-state index in [1.165, 1.54) is 25.7 Å². The number of rotatable bonds is 7. The van der Waals surface area contributed by atoms with Crippen molar-refractivity contribution in [2.75, 3.05) is 13.1 Å². The molecular weight excluding hydrogens is 186 g/mol. The van der Waals surface area contributed by atoms with Crippen molar-refractivity contribution in [2.45, 2.75) is 59.0 Å². The second-order valence-electron chi connectivity index (χ2n) is 4.17. The standard InChI is InChI=1S/C12H25N3/c1-4-7-8-9-10-15-12(5-2)14(6-3)11-13-15/h11-12H,4-10H2,1-3H3. The van der Waals surface area contributed by atoms with Gasteiger partial charge in [-0.3, -0.25) is 5.01 Å². The Morgan fingerprint density at radius 2 is 1.93 bits per heavy atom. The third kappa shape index (κ3) is 3.40. The predicted octanol–water partition coefficient (Wildman–Crippen LogP) is 2.88. The minimum atomic E-state index is 0.511. The highest BCUT2D eigenvalue weighted by Crippen LogP contribution is 2.16. The average Bonchev–Trinajstić information content (AvgIpc) is 2.66. The second kappa shape index (κ2) is 6.70. The van der Waals surface area contributed by atoms with Crippen molar-refractivity contribution in [1.82, 2.24) is 9.91 Å². The molecule has 0 saturated heterocycles. The quantitative estimate of drug-likeness (QED) is 0.603. The fourth-order valence-corrected chi connectivity index (χ4v) is 2.10. The summed E-state index contributed by atoms with van der Waals surface area (Å²) in [4.78, 5) is 2.32. The Kier molecular flexibility index (Phi) is 5.51. The van der Waals surface area contributed by atoms with Crippen molar-refractivity contribution in [1.29, 1.82) is 0 Å². The van der Waals surface area contributed by atoms with Crippen LogP contribution in [-0.2, 0) is 0 Å². The molecule has 1 unspecified atom stereocenters. The van der Waals surface area contributed by atoms with Crippen LogP contribution in [0, 0.1) is 0 Å². The summed E-state index contributed by atoms with van der Waals surface area (Å²) in [5.74, 6) is 0. The molecular formula is C12H25N3. The molecule has 0 aromatic rings. The van der Waals surface area contributed by atoms with Gasteiger partial charge < -0.3 is 4.90 Å². The summed E-state index contributed by atoms with van der Waals surface area (Å²) in [5.41, 5.74) is 0. The van der Waals surface area contributed by atoms with Gasteiger partial charge in [-0.25, -0.2) is 0 Å². The van der Waals surface area contributed by atoms with E-state index in [1.807, 2.05) is 6.34 Å². The third-order valence-electron chi connectivity index (χ3n) is 3.05. The third-order valence-corrected chi connectivity index (χ3v) is 3.05. The van der Waals surface area contributed by atoms with E-state index in [2.05, 4.69) is 35.8 Å². The maximum absolute atomic E-state index is 4.47. The van der Waals surface area contributed by atoms with Gasteiger partial charge in [0.05, 0.1) is 0 Å². The van der Waals surface area contributed by atoms with Gasteiger partial charge in [-0.2, -0.15) is 5.10 Å². The minimum absolute atomic E-state index is 0.511. The van der Waals surface area contributed by atoms with E-state index in [0.29, 0.717) is 6.17 Å². The van der Waals surface area contributed by atoms with Crippen molar-refractivity contribution in [3.63, 3.8) is 0 Å². The topological polar surface area (TPSA) is 18.8 Å². The highest BCUT2D eigenvalue weighted by molar-refractivity contribution is 5.56. The predicted molar refractivity (Wildman–Crippen MR) is 65.8 cm³/mol. The molecule has 1 aliphatic heterocycles. The summed E-state index contributed by atoms with van der Waals surface area (Å²) in [7, 11) is 0. The van der Waals surface area contributed by atoms with Crippen molar-refractivity contribution >= 4 is 6.34 Å². The van der Waals surface area contributed by atoms with Gasteiger partial charge in [-0.1, -0.05) is 33.1 Å². The minimum Gasteiger partial charge on any atom is -0.340 e. The zero-order valence-corrected chi connectivity index (χ0v) is 10.4. The van der Waals surface area contributed by atoms with Crippen LogP contribution in [0.25, 0.3) is 0 Å². The molecule has 1 heterocycles. The second-order valence-corrected chi connectivity index (χ2v) is 4.17.